The van der Waals surface area contributed by atoms with E-state index in [2.05, 4.69) is 4.98 Å². The fourth-order valence-electron chi connectivity index (χ4n) is 0.313. The Labute approximate surface area is 68.5 Å². The van der Waals surface area contributed by atoms with Crippen molar-refractivity contribution in [3.63, 3.8) is 0 Å². The lowest BCUT2D eigenvalue weighted by Crippen LogP contribution is -1.58. The second-order valence-electron chi connectivity index (χ2n) is 1.25. The van der Waals surface area contributed by atoms with E-state index in [0.29, 0.717) is 0 Å². The summed E-state index contributed by atoms with van der Waals surface area (Å²) in [5.74, 6) is 0. The molecule has 1 aromatic heterocycles. The van der Waals surface area contributed by atoms with E-state index < -0.39 is 0 Å². The van der Waals surface area contributed by atoms with Crippen molar-refractivity contribution in [3.8, 4) is 0 Å². The van der Waals surface area contributed by atoms with Crippen LogP contribution in [-0.2, 0) is 0 Å². The molecule has 7 nitrogen and oxygen atoms in total. The van der Waals surface area contributed by atoms with Crippen LogP contribution < -0.4 is 9.82 Å². The first-order valence-electron chi connectivity index (χ1n) is 2.74. The standard InChI is InChI=1S/C5H5N.2H2N3/c1-2-4-6-5-3-1;2*1-3-2/h1-5H;2*1-2H/q;2*+1. The molecule has 0 unspecified atom stereocenters. The molecule has 1 aromatic rings. The third-order valence-electron chi connectivity index (χ3n) is 0.566. The number of nitrogens with zero attached hydrogens (tertiary/aromatic N) is 3. The summed E-state index contributed by atoms with van der Waals surface area (Å²) in [6.45, 7) is 0. The zero-order valence-corrected chi connectivity index (χ0v) is 6.23. The molecular formula is C5H9N7+2. The second kappa shape index (κ2) is 15.9. The Morgan fingerprint density at radius 3 is 1.17 bits per heavy atom. The summed E-state index contributed by atoms with van der Waals surface area (Å²) >= 11 is 0. The largest absolute Gasteiger partial charge is 0.265 e. The first-order valence-corrected chi connectivity index (χ1v) is 2.74. The monoisotopic (exact) mass is 167 g/mol. The highest BCUT2D eigenvalue weighted by atomic mass is 15.0. The summed E-state index contributed by atoms with van der Waals surface area (Å²) in [5, 5.41) is 0. The van der Waals surface area contributed by atoms with E-state index >= 15 is 0 Å². The van der Waals surface area contributed by atoms with Gasteiger partial charge in [-0.2, -0.15) is 0 Å². The minimum atomic E-state index is 1.75. The summed E-state index contributed by atoms with van der Waals surface area (Å²) in [6, 6.07) is 5.72. The average Bonchev–Trinajstić information content (AvgIpc) is 2.10. The molecule has 0 amide bonds. The summed E-state index contributed by atoms with van der Waals surface area (Å²) in [7, 11) is 0. The highest BCUT2D eigenvalue weighted by Gasteiger charge is 1.58. The van der Waals surface area contributed by atoms with Crippen molar-refractivity contribution in [2.45, 2.75) is 0 Å². The van der Waals surface area contributed by atoms with Gasteiger partial charge in [0.2, 0.25) is 9.82 Å². The molecule has 0 aliphatic heterocycles. The molecule has 0 radical (unpaired) electrons. The summed E-state index contributed by atoms with van der Waals surface area (Å²) in [4.78, 5) is 7.78. The van der Waals surface area contributed by atoms with Crippen LogP contribution in [0.4, 0.5) is 0 Å². The van der Waals surface area contributed by atoms with Crippen LogP contribution in [0.25, 0.3) is 0 Å². The van der Waals surface area contributed by atoms with Gasteiger partial charge in [0.1, 0.15) is 22.1 Å². The molecule has 1 rings (SSSR count). The molecule has 12 heavy (non-hydrogen) atoms. The lowest BCUT2D eigenvalue weighted by Gasteiger charge is -1.70. The Hall–Kier alpha value is -2.23. The van der Waals surface area contributed by atoms with Gasteiger partial charge in [-0.25, -0.2) is 0 Å². The second-order valence-corrected chi connectivity index (χ2v) is 1.25. The fraction of sp³-hybridized carbons (Fsp3) is 0. The van der Waals surface area contributed by atoms with Crippen molar-refractivity contribution in [2.75, 3.05) is 0 Å². The van der Waals surface area contributed by atoms with Gasteiger partial charge in [0.05, 0.1) is 0 Å². The predicted molar refractivity (Wildman–Crippen MR) is 39.4 cm³/mol. The number of nitrogens with one attached hydrogen (secondary N) is 4. The number of hydrogen-bond donors (Lipinski definition) is 4. The van der Waals surface area contributed by atoms with Crippen LogP contribution >= 0.6 is 0 Å². The van der Waals surface area contributed by atoms with E-state index in [1.807, 2.05) is 28.0 Å². The van der Waals surface area contributed by atoms with E-state index in [1.54, 1.807) is 12.4 Å². The molecule has 0 spiro atoms. The van der Waals surface area contributed by atoms with Crippen LogP contribution in [0.3, 0.4) is 0 Å². The lowest BCUT2D eigenvalue weighted by atomic mass is 10.5. The molecule has 0 bridgehead atoms. The Morgan fingerprint density at radius 1 is 0.750 bits per heavy atom. The van der Waals surface area contributed by atoms with Crippen LogP contribution in [0.2, 0.25) is 0 Å². The molecule has 0 fully saturated rings. The van der Waals surface area contributed by atoms with Gasteiger partial charge in [0, 0.05) is 12.4 Å². The molecule has 0 atom stereocenters. The fourth-order valence-corrected chi connectivity index (χ4v) is 0.313. The molecule has 0 saturated carbocycles. The van der Waals surface area contributed by atoms with Gasteiger partial charge in [-0.05, 0) is 12.1 Å². The molecule has 0 saturated heterocycles. The summed E-state index contributed by atoms with van der Waals surface area (Å²) in [6.07, 6.45) is 3.50. The van der Waals surface area contributed by atoms with Crippen LogP contribution in [-0.4, -0.2) is 4.98 Å². The predicted octanol–water partition coefficient (Wildman–Crippen LogP) is 1.31. The van der Waals surface area contributed by atoms with Crippen LogP contribution in [0.5, 0.6) is 0 Å². The van der Waals surface area contributed by atoms with Crippen molar-refractivity contribution in [1.82, 2.24) is 14.8 Å². The van der Waals surface area contributed by atoms with Crippen molar-refractivity contribution in [3.05, 3.63) is 30.6 Å². The van der Waals surface area contributed by atoms with Gasteiger partial charge in [0.15, 0.2) is 0 Å². The van der Waals surface area contributed by atoms with Gasteiger partial charge in [-0.15, -0.1) is 0 Å². The molecule has 1 heterocycles. The van der Waals surface area contributed by atoms with Crippen molar-refractivity contribution >= 4 is 0 Å². The summed E-state index contributed by atoms with van der Waals surface area (Å²) in [5.41, 5.74) is 22.0. The van der Waals surface area contributed by atoms with Gasteiger partial charge in [-0.3, -0.25) is 4.98 Å². The SMILES string of the molecule is N=[N+]=N.N=[N+]=N.c1ccncc1. The third kappa shape index (κ3) is 25.1. The van der Waals surface area contributed by atoms with Crippen LogP contribution in [0.15, 0.2) is 30.6 Å². The number of hydrogen-bond acceptors (Lipinski definition) is 5. The normalized spacial score (nSPS) is 5.33. The van der Waals surface area contributed by atoms with Gasteiger partial charge in [-0.1, -0.05) is 6.07 Å². The zero-order chi connectivity index (χ0) is 9.66. The summed E-state index contributed by atoms with van der Waals surface area (Å²) < 4.78 is 0. The molecule has 62 valence electrons. The van der Waals surface area contributed by atoms with Gasteiger partial charge in [0.25, 0.3) is 0 Å². The maximum absolute atomic E-state index is 5.50. The highest BCUT2D eigenvalue weighted by Crippen LogP contribution is 1.73. The Bertz CT molecular complexity index is 193. The van der Waals surface area contributed by atoms with Crippen molar-refractivity contribution < 1.29 is 0 Å². The van der Waals surface area contributed by atoms with Crippen molar-refractivity contribution in [2.24, 2.45) is 0 Å². The van der Waals surface area contributed by atoms with Crippen LogP contribution in [0, 0.1) is 22.1 Å². The quantitative estimate of drug-likeness (QED) is 0.336. The highest BCUT2D eigenvalue weighted by molar-refractivity contribution is 4.88. The van der Waals surface area contributed by atoms with Crippen LogP contribution in [0.1, 0.15) is 0 Å². The molecule has 0 aromatic carbocycles. The minimum Gasteiger partial charge on any atom is -0.265 e. The first-order chi connectivity index (χ1) is 5.83. The zero-order valence-electron chi connectivity index (χ0n) is 6.23. The molecule has 4 N–H and O–H groups in total. The first kappa shape index (κ1) is 12.4. The Kier molecular flexibility index (Phi) is 16.5. The molecular weight excluding hydrogens is 158 g/mol. The molecule has 0 aliphatic rings. The topological polar surface area (TPSA) is 136 Å². The molecule has 7 heteroatoms. The molecule has 0 aliphatic carbocycles. The number of pyridine rings is 1. The van der Waals surface area contributed by atoms with E-state index in [-0.39, 0.29) is 0 Å². The van der Waals surface area contributed by atoms with Crippen molar-refractivity contribution in [1.29, 1.82) is 22.1 Å². The Balaban J connectivity index is 0. The Morgan fingerprint density at radius 2 is 1.08 bits per heavy atom. The maximum Gasteiger partial charge on any atom is 0.211 e. The number of aromatic nitrogens is 1. The van der Waals surface area contributed by atoms with Gasteiger partial charge >= 0.3 is 0 Å². The number of rotatable bonds is 0. The maximum atomic E-state index is 5.50. The minimum absolute atomic E-state index is 1.75. The van der Waals surface area contributed by atoms with E-state index in [0.717, 1.165) is 0 Å². The smallest absolute Gasteiger partial charge is 0.211 e. The van der Waals surface area contributed by atoms with E-state index in [9.17, 15) is 0 Å². The van der Waals surface area contributed by atoms with Gasteiger partial charge < -0.3 is 0 Å². The average molecular weight is 167 g/mol. The lowest BCUT2D eigenvalue weighted by molar-refractivity contribution is 0.928. The van der Waals surface area contributed by atoms with E-state index in [4.69, 9.17) is 22.1 Å². The third-order valence-corrected chi connectivity index (χ3v) is 0.566. The van der Waals surface area contributed by atoms with E-state index in [1.165, 1.54) is 0 Å².